The van der Waals surface area contributed by atoms with Gasteiger partial charge in [0.05, 0.1) is 17.7 Å². The second kappa shape index (κ2) is 5.91. The number of carboxylic acids is 1. The summed E-state index contributed by atoms with van der Waals surface area (Å²) in [4.78, 5) is 11.0. The molecule has 3 N–H and O–H groups in total. The average molecular weight is 332 g/mol. The van der Waals surface area contributed by atoms with E-state index in [1.165, 1.54) is 12.1 Å². The first-order valence-corrected chi connectivity index (χ1v) is 6.32. The number of alkyl halides is 3. The van der Waals surface area contributed by atoms with Crippen LogP contribution in [0, 0.1) is 11.8 Å². The van der Waals surface area contributed by atoms with E-state index in [1.54, 1.807) is 0 Å². The first-order valence-electron chi connectivity index (χ1n) is 5.94. The summed E-state index contributed by atoms with van der Waals surface area (Å²) in [5.41, 5.74) is 4.55. The van der Waals surface area contributed by atoms with Crippen molar-refractivity contribution in [1.29, 1.82) is 0 Å². The highest BCUT2D eigenvalue weighted by molar-refractivity contribution is 6.31. The van der Waals surface area contributed by atoms with Crippen molar-refractivity contribution in [3.05, 3.63) is 33.9 Å². The van der Waals surface area contributed by atoms with E-state index in [0.29, 0.717) is 0 Å². The van der Waals surface area contributed by atoms with E-state index in [0.717, 1.165) is 6.08 Å². The lowest BCUT2D eigenvalue weighted by atomic mass is 9.99. The minimum Gasteiger partial charge on any atom is -0.478 e. The average Bonchev–Trinajstić information content (AvgIpc) is 2.42. The van der Waals surface area contributed by atoms with Crippen LogP contribution in [0.25, 0.3) is 6.08 Å². The van der Waals surface area contributed by atoms with Crippen molar-refractivity contribution < 1.29 is 27.8 Å². The molecule has 0 fully saturated rings. The van der Waals surface area contributed by atoms with Gasteiger partial charge in [-0.2, -0.15) is 13.2 Å². The predicted octanol–water partition coefficient (Wildman–Crippen LogP) is 2.44. The van der Waals surface area contributed by atoms with Gasteiger partial charge in [-0.1, -0.05) is 23.4 Å². The van der Waals surface area contributed by atoms with E-state index >= 15 is 0 Å². The molecule has 2 rings (SSSR count). The Kier molecular flexibility index (Phi) is 4.35. The summed E-state index contributed by atoms with van der Waals surface area (Å²) in [7, 11) is 0. The van der Waals surface area contributed by atoms with Crippen molar-refractivity contribution in [2.24, 2.45) is 5.73 Å². The fraction of sp³-hybridized carbons (Fsp3) is 0.214. The third-order valence-corrected chi connectivity index (χ3v) is 3.00. The van der Waals surface area contributed by atoms with Crippen LogP contribution in [-0.2, 0) is 4.79 Å². The largest absolute Gasteiger partial charge is 0.478 e. The predicted molar refractivity (Wildman–Crippen MR) is 73.5 cm³/mol. The smallest absolute Gasteiger partial charge is 0.430 e. The van der Waals surface area contributed by atoms with Crippen LogP contribution in [0.15, 0.2) is 17.7 Å². The molecule has 1 aromatic rings. The van der Waals surface area contributed by atoms with Gasteiger partial charge in [-0.25, -0.2) is 4.79 Å². The van der Waals surface area contributed by atoms with E-state index in [9.17, 15) is 18.0 Å². The van der Waals surface area contributed by atoms with Gasteiger partial charge in [-0.15, -0.1) is 0 Å². The molecule has 1 unspecified atom stereocenters. The number of carbonyl (C=O) groups is 1. The number of ether oxygens (including phenoxy) is 1. The van der Waals surface area contributed by atoms with Crippen molar-refractivity contribution in [3.8, 4) is 17.6 Å². The first kappa shape index (κ1) is 16.2. The molecule has 1 atom stereocenters. The maximum Gasteiger partial charge on any atom is 0.430 e. The first-order chi connectivity index (χ1) is 10.2. The number of nitrogens with two attached hydrogens (primary N) is 1. The van der Waals surface area contributed by atoms with E-state index < -0.39 is 23.8 Å². The van der Waals surface area contributed by atoms with Crippen LogP contribution >= 0.6 is 11.6 Å². The van der Waals surface area contributed by atoms with E-state index in [4.69, 9.17) is 27.2 Å². The summed E-state index contributed by atoms with van der Waals surface area (Å²) >= 11 is 5.86. The Morgan fingerprint density at radius 1 is 1.45 bits per heavy atom. The summed E-state index contributed by atoms with van der Waals surface area (Å²) in [6, 6.07) is 2.64. The summed E-state index contributed by atoms with van der Waals surface area (Å²) in [6.07, 6.45) is -6.56. The highest BCUT2D eigenvalue weighted by Gasteiger charge is 2.48. The van der Waals surface area contributed by atoms with Crippen LogP contribution in [-0.4, -0.2) is 29.9 Å². The Morgan fingerprint density at radius 3 is 2.68 bits per heavy atom. The zero-order valence-electron chi connectivity index (χ0n) is 10.9. The third-order valence-electron chi connectivity index (χ3n) is 2.78. The molecule has 0 amide bonds. The van der Waals surface area contributed by atoms with Gasteiger partial charge in [0.25, 0.3) is 0 Å². The number of halogens is 4. The van der Waals surface area contributed by atoms with Gasteiger partial charge in [0.1, 0.15) is 5.75 Å². The molecule has 8 heteroatoms. The molecule has 0 saturated carbocycles. The molecule has 22 heavy (non-hydrogen) atoms. The SMILES string of the molecule is NCC#Cc1cc(Cl)cc2c1OC(C(F)(F)F)C(C(=O)O)=C2. The highest BCUT2D eigenvalue weighted by Crippen LogP contribution is 2.40. The molecule has 1 aliphatic heterocycles. The number of carboxylic acid groups (broad SMARTS) is 1. The van der Waals surface area contributed by atoms with E-state index in [2.05, 4.69) is 11.8 Å². The number of hydrogen-bond donors (Lipinski definition) is 2. The lowest BCUT2D eigenvalue weighted by Crippen LogP contribution is -2.40. The van der Waals surface area contributed by atoms with Gasteiger partial charge in [0.2, 0.25) is 6.10 Å². The topological polar surface area (TPSA) is 72.5 Å². The molecule has 1 heterocycles. The molecule has 0 bridgehead atoms. The minimum atomic E-state index is -4.87. The van der Waals surface area contributed by atoms with Crippen molar-refractivity contribution in [3.63, 3.8) is 0 Å². The normalized spacial score (nSPS) is 16.8. The Balaban J connectivity index is 2.65. The number of benzene rings is 1. The number of fused-ring (bicyclic) bond motifs is 1. The molecule has 0 spiro atoms. The van der Waals surface area contributed by atoms with Crippen LogP contribution in [0.1, 0.15) is 11.1 Å². The lowest BCUT2D eigenvalue weighted by molar-refractivity contribution is -0.187. The van der Waals surface area contributed by atoms with Crippen molar-refractivity contribution >= 4 is 23.6 Å². The van der Waals surface area contributed by atoms with Crippen LogP contribution in [0.2, 0.25) is 5.02 Å². The van der Waals surface area contributed by atoms with Gasteiger partial charge in [-0.3, -0.25) is 0 Å². The van der Waals surface area contributed by atoms with Gasteiger partial charge >= 0.3 is 12.1 Å². The van der Waals surface area contributed by atoms with Gasteiger partial charge in [-0.05, 0) is 18.2 Å². The Labute approximate surface area is 128 Å². The van der Waals surface area contributed by atoms with Crippen LogP contribution in [0.3, 0.4) is 0 Å². The molecule has 1 aliphatic rings. The van der Waals surface area contributed by atoms with E-state index in [1.807, 2.05) is 0 Å². The molecule has 0 saturated heterocycles. The number of hydrogen-bond acceptors (Lipinski definition) is 3. The lowest BCUT2D eigenvalue weighted by Gasteiger charge is -2.27. The van der Waals surface area contributed by atoms with Crippen molar-refractivity contribution in [2.75, 3.05) is 6.54 Å². The Bertz CT molecular complexity index is 717. The molecular weight excluding hydrogens is 323 g/mol. The minimum absolute atomic E-state index is 0.000200. The number of rotatable bonds is 1. The second-order valence-corrected chi connectivity index (χ2v) is 4.76. The summed E-state index contributed by atoms with van der Waals surface area (Å²) in [6.45, 7) is 0.000200. The van der Waals surface area contributed by atoms with Crippen LogP contribution in [0.4, 0.5) is 13.2 Å². The van der Waals surface area contributed by atoms with Gasteiger partial charge < -0.3 is 15.6 Å². The molecule has 116 valence electrons. The summed E-state index contributed by atoms with van der Waals surface area (Å²) in [5, 5.41) is 9.14. The molecular formula is C14H9ClF3NO3. The molecule has 0 aromatic heterocycles. The Hall–Kier alpha value is -2.17. The maximum atomic E-state index is 13.0. The summed E-state index contributed by atoms with van der Waals surface area (Å²) in [5.74, 6) is 3.16. The zero-order valence-corrected chi connectivity index (χ0v) is 11.6. The summed E-state index contributed by atoms with van der Waals surface area (Å²) < 4.78 is 43.9. The second-order valence-electron chi connectivity index (χ2n) is 4.32. The third kappa shape index (κ3) is 3.18. The fourth-order valence-electron chi connectivity index (χ4n) is 1.93. The van der Waals surface area contributed by atoms with Crippen molar-refractivity contribution in [1.82, 2.24) is 0 Å². The molecule has 0 radical (unpaired) electrons. The molecule has 1 aromatic carbocycles. The van der Waals surface area contributed by atoms with Crippen LogP contribution < -0.4 is 10.5 Å². The Morgan fingerprint density at radius 2 is 2.14 bits per heavy atom. The monoisotopic (exact) mass is 331 g/mol. The van der Waals surface area contributed by atoms with E-state index in [-0.39, 0.29) is 28.4 Å². The fourth-order valence-corrected chi connectivity index (χ4v) is 2.16. The van der Waals surface area contributed by atoms with Gasteiger partial charge in [0.15, 0.2) is 0 Å². The quantitative estimate of drug-likeness (QED) is 0.775. The number of aliphatic carboxylic acids is 1. The zero-order chi connectivity index (χ0) is 16.5. The maximum absolute atomic E-state index is 13.0. The standard InChI is InChI=1S/C14H9ClF3NO3/c15-9-4-7(2-1-3-19)11-8(5-9)6-10(13(20)21)12(22-11)14(16,17)18/h4-6,12H,3,19H2,(H,20,21). The van der Waals surface area contributed by atoms with Gasteiger partial charge in [0, 0.05) is 10.6 Å². The van der Waals surface area contributed by atoms with Crippen LogP contribution in [0.5, 0.6) is 5.75 Å². The van der Waals surface area contributed by atoms with Crippen molar-refractivity contribution in [2.45, 2.75) is 12.3 Å². The highest BCUT2D eigenvalue weighted by atomic mass is 35.5. The molecule has 0 aliphatic carbocycles. The molecule has 4 nitrogen and oxygen atoms in total.